The third kappa shape index (κ3) is 2.31. The molecule has 1 aliphatic rings. The SMILES string of the molecule is O=C(O)N1CCN(c2cc3ccccc3cn2)CC1. The van der Waals surface area contributed by atoms with Crippen LogP contribution in [0.3, 0.4) is 0 Å². The maximum atomic E-state index is 10.9. The highest BCUT2D eigenvalue weighted by molar-refractivity contribution is 5.83. The minimum Gasteiger partial charge on any atom is -0.465 e. The number of aromatic nitrogens is 1. The van der Waals surface area contributed by atoms with Crippen LogP contribution in [0.5, 0.6) is 0 Å². The molecular formula is C14H15N3O2. The molecule has 1 amide bonds. The van der Waals surface area contributed by atoms with Crippen molar-refractivity contribution in [3.63, 3.8) is 0 Å². The molecule has 19 heavy (non-hydrogen) atoms. The Labute approximate surface area is 111 Å². The summed E-state index contributed by atoms with van der Waals surface area (Å²) in [6.45, 7) is 2.45. The Hall–Kier alpha value is -2.30. The van der Waals surface area contributed by atoms with Crippen molar-refractivity contribution in [2.75, 3.05) is 31.1 Å². The molecule has 0 unspecified atom stereocenters. The second-order valence-corrected chi connectivity index (χ2v) is 4.65. The smallest absolute Gasteiger partial charge is 0.407 e. The number of carboxylic acid groups (broad SMARTS) is 1. The van der Waals surface area contributed by atoms with E-state index in [1.807, 2.05) is 24.4 Å². The van der Waals surface area contributed by atoms with E-state index in [1.54, 1.807) is 0 Å². The Morgan fingerprint density at radius 3 is 2.47 bits per heavy atom. The van der Waals surface area contributed by atoms with Crippen molar-refractivity contribution < 1.29 is 9.90 Å². The van der Waals surface area contributed by atoms with E-state index in [-0.39, 0.29) is 0 Å². The number of pyridine rings is 1. The molecule has 5 nitrogen and oxygen atoms in total. The van der Waals surface area contributed by atoms with Crippen LogP contribution in [-0.4, -0.2) is 47.3 Å². The molecule has 0 atom stereocenters. The summed E-state index contributed by atoms with van der Waals surface area (Å²) in [5, 5.41) is 11.2. The number of carbonyl (C=O) groups is 1. The van der Waals surface area contributed by atoms with Gasteiger partial charge < -0.3 is 14.9 Å². The quantitative estimate of drug-likeness (QED) is 0.849. The number of rotatable bonds is 1. The average molecular weight is 257 g/mol. The van der Waals surface area contributed by atoms with Gasteiger partial charge in [0.25, 0.3) is 0 Å². The van der Waals surface area contributed by atoms with Gasteiger partial charge in [0.2, 0.25) is 0 Å². The second kappa shape index (κ2) is 4.76. The maximum absolute atomic E-state index is 10.9. The predicted molar refractivity (Wildman–Crippen MR) is 73.6 cm³/mol. The summed E-state index contributed by atoms with van der Waals surface area (Å²) in [5.74, 6) is 0.920. The van der Waals surface area contributed by atoms with Crippen molar-refractivity contribution in [3.05, 3.63) is 36.5 Å². The number of nitrogens with zero attached hydrogens (tertiary/aromatic N) is 3. The van der Waals surface area contributed by atoms with E-state index in [4.69, 9.17) is 5.11 Å². The van der Waals surface area contributed by atoms with Gasteiger partial charge in [-0.1, -0.05) is 24.3 Å². The van der Waals surface area contributed by atoms with Gasteiger partial charge in [0.05, 0.1) is 0 Å². The van der Waals surface area contributed by atoms with Crippen LogP contribution in [0.4, 0.5) is 10.6 Å². The minimum atomic E-state index is -0.842. The number of benzene rings is 1. The van der Waals surface area contributed by atoms with Gasteiger partial charge in [0.1, 0.15) is 5.82 Å². The van der Waals surface area contributed by atoms with Crippen molar-refractivity contribution in [1.29, 1.82) is 0 Å². The van der Waals surface area contributed by atoms with Gasteiger partial charge in [-0.25, -0.2) is 9.78 Å². The molecule has 0 spiro atoms. The molecule has 1 N–H and O–H groups in total. The van der Waals surface area contributed by atoms with Gasteiger partial charge in [0.15, 0.2) is 0 Å². The molecule has 1 saturated heterocycles. The lowest BCUT2D eigenvalue weighted by Gasteiger charge is -2.33. The average Bonchev–Trinajstić information content (AvgIpc) is 2.47. The number of anilines is 1. The maximum Gasteiger partial charge on any atom is 0.407 e. The Balaban J connectivity index is 1.80. The molecule has 3 rings (SSSR count). The summed E-state index contributed by atoms with van der Waals surface area (Å²) >= 11 is 0. The first-order chi connectivity index (χ1) is 9.24. The van der Waals surface area contributed by atoms with E-state index in [1.165, 1.54) is 4.90 Å². The summed E-state index contributed by atoms with van der Waals surface area (Å²) in [7, 11) is 0. The number of fused-ring (bicyclic) bond motifs is 1. The monoisotopic (exact) mass is 257 g/mol. The standard InChI is InChI=1S/C14H15N3O2/c18-14(19)17-7-5-16(6-8-17)13-9-11-3-1-2-4-12(11)10-15-13/h1-4,9-10H,5-8H2,(H,18,19). The van der Waals surface area contributed by atoms with Crippen LogP contribution in [-0.2, 0) is 0 Å². The minimum absolute atomic E-state index is 0.532. The predicted octanol–water partition coefficient (Wildman–Crippen LogP) is 2.03. The molecule has 5 heteroatoms. The van der Waals surface area contributed by atoms with Gasteiger partial charge in [-0.15, -0.1) is 0 Å². The zero-order valence-corrected chi connectivity index (χ0v) is 10.5. The molecule has 1 aliphatic heterocycles. The third-order valence-electron chi connectivity index (χ3n) is 3.49. The highest BCUT2D eigenvalue weighted by Crippen LogP contribution is 2.20. The fraction of sp³-hybridized carbons (Fsp3) is 0.286. The molecule has 0 bridgehead atoms. The Kier molecular flexibility index (Phi) is 2.95. The molecule has 2 aromatic rings. The van der Waals surface area contributed by atoms with Crippen LogP contribution in [0.1, 0.15) is 0 Å². The summed E-state index contributed by atoms with van der Waals surface area (Å²) in [4.78, 5) is 18.9. The van der Waals surface area contributed by atoms with E-state index in [2.05, 4.69) is 22.0 Å². The molecule has 1 fully saturated rings. The van der Waals surface area contributed by atoms with Gasteiger partial charge in [-0.2, -0.15) is 0 Å². The van der Waals surface area contributed by atoms with Gasteiger partial charge in [-0.3, -0.25) is 0 Å². The molecule has 1 aromatic heterocycles. The van der Waals surface area contributed by atoms with E-state index >= 15 is 0 Å². The topological polar surface area (TPSA) is 56.7 Å². The molecule has 0 saturated carbocycles. The molecule has 0 aliphatic carbocycles. The Morgan fingerprint density at radius 2 is 1.79 bits per heavy atom. The van der Waals surface area contributed by atoms with Crippen molar-refractivity contribution in [3.8, 4) is 0 Å². The number of piperazine rings is 1. The van der Waals surface area contributed by atoms with Crippen LogP contribution in [0, 0.1) is 0 Å². The molecular weight excluding hydrogens is 242 g/mol. The van der Waals surface area contributed by atoms with E-state index < -0.39 is 6.09 Å². The van der Waals surface area contributed by atoms with Gasteiger partial charge in [-0.05, 0) is 11.5 Å². The fourth-order valence-electron chi connectivity index (χ4n) is 2.37. The number of amides is 1. The van der Waals surface area contributed by atoms with E-state index in [0.717, 1.165) is 16.6 Å². The van der Waals surface area contributed by atoms with Crippen molar-refractivity contribution in [1.82, 2.24) is 9.88 Å². The fourth-order valence-corrected chi connectivity index (χ4v) is 2.37. The van der Waals surface area contributed by atoms with Crippen LogP contribution >= 0.6 is 0 Å². The largest absolute Gasteiger partial charge is 0.465 e. The van der Waals surface area contributed by atoms with Crippen molar-refractivity contribution in [2.24, 2.45) is 0 Å². The highest BCUT2D eigenvalue weighted by atomic mass is 16.4. The summed E-state index contributed by atoms with van der Waals surface area (Å²) in [6, 6.07) is 10.2. The summed E-state index contributed by atoms with van der Waals surface area (Å²) in [6.07, 6.45) is 1.03. The molecule has 2 heterocycles. The van der Waals surface area contributed by atoms with Gasteiger partial charge in [0, 0.05) is 37.8 Å². The molecule has 98 valence electrons. The Bertz CT molecular complexity index is 606. The summed E-state index contributed by atoms with van der Waals surface area (Å²) in [5.41, 5.74) is 0. The first kappa shape index (κ1) is 11.8. The summed E-state index contributed by atoms with van der Waals surface area (Å²) < 4.78 is 0. The Morgan fingerprint density at radius 1 is 1.11 bits per heavy atom. The van der Waals surface area contributed by atoms with Crippen LogP contribution in [0.15, 0.2) is 36.5 Å². The lowest BCUT2D eigenvalue weighted by molar-refractivity contribution is 0.142. The lowest BCUT2D eigenvalue weighted by atomic mass is 10.2. The first-order valence-corrected chi connectivity index (χ1v) is 6.32. The molecule has 0 radical (unpaired) electrons. The lowest BCUT2D eigenvalue weighted by Crippen LogP contribution is -2.48. The molecule has 1 aromatic carbocycles. The van der Waals surface area contributed by atoms with Crippen LogP contribution in [0.25, 0.3) is 10.8 Å². The van der Waals surface area contributed by atoms with Gasteiger partial charge >= 0.3 is 6.09 Å². The highest BCUT2D eigenvalue weighted by Gasteiger charge is 2.21. The number of hydrogen-bond donors (Lipinski definition) is 1. The number of hydrogen-bond acceptors (Lipinski definition) is 3. The normalized spacial score (nSPS) is 15.8. The van der Waals surface area contributed by atoms with E-state index in [0.29, 0.717) is 26.2 Å². The third-order valence-corrected chi connectivity index (χ3v) is 3.49. The van der Waals surface area contributed by atoms with Crippen molar-refractivity contribution in [2.45, 2.75) is 0 Å². The van der Waals surface area contributed by atoms with Crippen LogP contribution in [0.2, 0.25) is 0 Å². The zero-order chi connectivity index (χ0) is 13.2. The van der Waals surface area contributed by atoms with Crippen LogP contribution < -0.4 is 4.90 Å². The zero-order valence-electron chi connectivity index (χ0n) is 10.5. The van der Waals surface area contributed by atoms with E-state index in [9.17, 15) is 4.79 Å². The van der Waals surface area contributed by atoms with Crippen molar-refractivity contribution >= 4 is 22.7 Å². The first-order valence-electron chi connectivity index (χ1n) is 6.32. The second-order valence-electron chi connectivity index (χ2n) is 4.65.